The predicted octanol–water partition coefficient (Wildman–Crippen LogP) is 3.04. The molecule has 86 valence electrons. The molecule has 1 aliphatic rings. The third kappa shape index (κ3) is 2.56. The molecule has 0 amide bonds. The Labute approximate surface area is 99.4 Å². The first-order valence-electron chi connectivity index (χ1n) is 5.63. The van der Waals surface area contributed by atoms with Crippen LogP contribution < -0.4 is 0 Å². The van der Waals surface area contributed by atoms with Gasteiger partial charge >= 0.3 is 0 Å². The molecule has 0 bridgehead atoms. The number of rotatable bonds is 4. The highest BCUT2D eigenvalue weighted by Gasteiger charge is 2.24. The van der Waals surface area contributed by atoms with E-state index in [0.717, 1.165) is 18.7 Å². The molecule has 16 heavy (non-hydrogen) atoms. The fourth-order valence-electron chi connectivity index (χ4n) is 1.76. The van der Waals surface area contributed by atoms with Crippen molar-refractivity contribution in [2.45, 2.75) is 43.8 Å². The first-order valence-corrected chi connectivity index (χ1v) is 6.68. The third-order valence-corrected chi connectivity index (χ3v) is 4.16. The predicted molar refractivity (Wildman–Crippen MR) is 62.0 cm³/mol. The number of hydrogen-bond donors (Lipinski definition) is 0. The van der Waals surface area contributed by atoms with Gasteiger partial charge in [-0.1, -0.05) is 12.1 Å². The molecule has 0 aliphatic carbocycles. The Kier molecular flexibility index (Phi) is 3.83. The smallest absolute Gasteiger partial charge is 0.229 e. The second kappa shape index (κ2) is 5.35. The lowest BCUT2D eigenvalue weighted by atomic mass is 10.1. The topological polar surface area (TPSA) is 62.7 Å². The summed E-state index contributed by atoms with van der Waals surface area (Å²) in [5.41, 5.74) is 0. The maximum absolute atomic E-state index is 8.52. The van der Waals surface area contributed by atoms with Gasteiger partial charge in [-0.05, 0) is 25.0 Å². The van der Waals surface area contributed by atoms with Crippen LogP contribution in [-0.2, 0) is 0 Å². The largest absolute Gasteiger partial charge is 0.339 e. The van der Waals surface area contributed by atoms with Gasteiger partial charge in [0.15, 0.2) is 5.82 Å². The molecule has 1 aliphatic heterocycles. The summed E-state index contributed by atoms with van der Waals surface area (Å²) in [6.07, 6.45) is 3.71. The molecule has 2 heterocycles. The molecule has 4 nitrogen and oxygen atoms in total. The zero-order chi connectivity index (χ0) is 11.4. The monoisotopic (exact) mass is 237 g/mol. The Morgan fingerprint density at radius 3 is 3.25 bits per heavy atom. The highest BCUT2D eigenvalue weighted by atomic mass is 32.2. The van der Waals surface area contributed by atoms with Crippen molar-refractivity contribution >= 4 is 11.8 Å². The summed E-state index contributed by atoms with van der Waals surface area (Å²) in [4.78, 5) is 4.44. The van der Waals surface area contributed by atoms with Crippen molar-refractivity contribution in [2.75, 3.05) is 5.75 Å². The molecule has 0 saturated carbocycles. The SMILES string of the molecule is CC(CCC#N)c1nc(C2CCCS2)no1. The minimum absolute atomic E-state index is 0.187. The Bertz CT molecular complexity index is 379. The summed E-state index contributed by atoms with van der Waals surface area (Å²) < 4.78 is 5.25. The molecule has 2 unspecified atom stereocenters. The van der Waals surface area contributed by atoms with E-state index in [0.29, 0.717) is 17.6 Å². The van der Waals surface area contributed by atoms with E-state index in [1.165, 1.54) is 12.2 Å². The van der Waals surface area contributed by atoms with E-state index in [2.05, 4.69) is 16.2 Å². The van der Waals surface area contributed by atoms with Crippen molar-refractivity contribution in [3.8, 4) is 6.07 Å². The number of hydrogen-bond acceptors (Lipinski definition) is 5. The van der Waals surface area contributed by atoms with Crippen molar-refractivity contribution < 1.29 is 4.52 Å². The molecule has 1 aromatic rings. The lowest BCUT2D eigenvalue weighted by molar-refractivity contribution is 0.350. The summed E-state index contributed by atoms with van der Waals surface area (Å²) in [5, 5.41) is 13.0. The number of thioether (sulfide) groups is 1. The summed E-state index contributed by atoms with van der Waals surface area (Å²) >= 11 is 1.90. The number of nitrogens with zero attached hydrogens (tertiary/aromatic N) is 3. The van der Waals surface area contributed by atoms with Gasteiger partial charge in [-0.3, -0.25) is 0 Å². The van der Waals surface area contributed by atoms with Crippen LogP contribution in [0.25, 0.3) is 0 Å². The second-order valence-electron chi connectivity index (χ2n) is 4.09. The first kappa shape index (κ1) is 11.5. The van der Waals surface area contributed by atoms with Crippen molar-refractivity contribution in [1.82, 2.24) is 10.1 Å². The zero-order valence-corrected chi connectivity index (χ0v) is 10.2. The van der Waals surface area contributed by atoms with E-state index in [4.69, 9.17) is 9.78 Å². The molecule has 0 aromatic carbocycles. The summed E-state index contributed by atoms with van der Waals surface area (Å²) in [5.74, 6) is 2.89. The van der Waals surface area contributed by atoms with Crippen LogP contribution in [0.1, 0.15) is 55.5 Å². The van der Waals surface area contributed by atoms with Gasteiger partial charge in [0, 0.05) is 12.3 Å². The van der Waals surface area contributed by atoms with E-state index in [-0.39, 0.29) is 5.92 Å². The average Bonchev–Trinajstić information content (AvgIpc) is 2.94. The highest BCUT2D eigenvalue weighted by Crippen LogP contribution is 2.38. The molecule has 5 heteroatoms. The van der Waals surface area contributed by atoms with Crippen LogP contribution in [0.3, 0.4) is 0 Å². The van der Waals surface area contributed by atoms with Crippen LogP contribution in [0.2, 0.25) is 0 Å². The summed E-state index contributed by atoms with van der Waals surface area (Å²) in [7, 11) is 0. The maximum Gasteiger partial charge on any atom is 0.229 e. The van der Waals surface area contributed by atoms with Crippen LogP contribution in [0.5, 0.6) is 0 Å². The first-order chi connectivity index (χ1) is 7.81. The fourth-order valence-corrected chi connectivity index (χ4v) is 2.96. The van der Waals surface area contributed by atoms with E-state index >= 15 is 0 Å². The van der Waals surface area contributed by atoms with E-state index in [1.54, 1.807) is 0 Å². The molecule has 0 radical (unpaired) electrons. The molecule has 0 spiro atoms. The van der Waals surface area contributed by atoms with Gasteiger partial charge in [-0.15, -0.1) is 0 Å². The van der Waals surface area contributed by atoms with E-state index in [9.17, 15) is 0 Å². The van der Waals surface area contributed by atoms with Crippen molar-refractivity contribution in [1.29, 1.82) is 5.26 Å². The minimum Gasteiger partial charge on any atom is -0.339 e. The molecule has 2 rings (SSSR count). The number of aromatic nitrogens is 2. The summed E-state index contributed by atoms with van der Waals surface area (Å²) in [6.45, 7) is 2.02. The number of nitriles is 1. The standard InChI is InChI=1S/C11H15N3OS/c1-8(4-2-6-12)11-13-10(14-15-11)9-5-3-7-16-9/h8-9H,2-5,7H2,1H3. The molecule has 2 atom stereocenters. The molecular weight excluding hydrogens is 222 g/mol. The molecule has 1 saturated heterocycles. The van der Waals surface area contributed by atoms with Crippen LogP contribution in [0, 0.1) is 11.3 Å². The van der Waals surface area contributed by atoms with Crippen molar-refractivity contribution in [3.05, 3.63) is 11.7 Å². The van der Waals surface area contributed by atoms with Gasteiger partial charge in [0.1, 0.15) is 0 Å². The zero-order valence-electron chi connectivity index (χ0n) is 9.35. The highest BCUT2D eigenvalue weighted by molar-refractivity contribution is 7.99. The van der Waals surface area contributed by atoms with Gasteiger partial charge in [0.25, 0.3) is 0 Å². The lowest BCUT2D eigenvalue weighted by Gasteiger charge is -2.02. The average molecular weight is 237 g/mol. The van der Waals surface area contributed by atoms with Crippen LogP contribution >= 0.6 is 11.8 Å². The van der Waals surface area contributed by atoms with Gasteiger partial charge in [0.2, 0.25) is 5.89 Å². The van der Waals surface area contributed by atoms with Crippen LogP contribution in [0.4, 0.5) is 0 Å². The third-order valence-electron chi connectivity index (χ3n) is 2.79. The van der Waals surface area contributed by atoms with Crippen LogP contribution in [0.15, 0.2) is 4.52 Å². The van der Waals surface area contributed by atoms with Crippen molar-refractivity contribution in [3.63, 3.8) is 0 Å². The molecular formula is C11H15N3OS. The normalized spacial score (nSPS) is 21.9. The van der Waals surface area contributed by atoms with E-state index < -0.39 is 0 Å². The summed E-state index contributed by atoms with van der Waals surface area (Å²) in [6, 6.07) is 2.14. The molecule has 1 aromatic heterocycles. The van der Waals surface area contributed by atoms with Gasteiger partial charge < -0.3 is 4.52 Å². The van der Waals surface area contributed by atoms with E-state index in [1.807, 2.05) is 18.7 Å². The Hall–Kier alpha value is -1.02. The lowest BCUT2D eigenvalue weighted by Crippen LogP contribution is -1.95. The quantitative estimate of drug-likeness (QED) is 0.805. The van der Waals surface area contributed by atoms with Crippen LogP contribution in [-0.4, -0.2) is 15.9 Å². The maximum atomic E-state index is 8.52. The Morgan fingerprint density at radius 2 is 2.56 bits per heavy atom. The molecule has 0 N–H and O–H groups in total. The van der Waals surface area contributed by atoms with Crippen molar-refractivity contribution in [2.24, 2.45) is 0 Å². The fraction of sp³-hybridized carbons (Fsp3) is 0.727. The minimum atomic E-state index is 0.187. The molecule has 1 fully saturated rings. The van der Waals surface area contributed by atoms with Gasteiger partial charge in [-0.2, -0.15) is 22.0 Å². The Balaban J connectivity index is 1.98. The Morgan fingerprint density at radius 1 is 1.69 bits per heavy atom. The van der Waals surface area contributed by atoms with Gasteiger partial charge in [-0.25, -0.2) is 0 Å². The van der Waals surface area contributed by atoms with Gasteiger partial charge in [0.05, 0.1) is 11.3 Å². The second-order valence-corrected chi connectivity index (χ2v) is 5.40.